The number of anilines is 6. The van der Waals surface area contributed by atoms with Crippen LogP contribution in [0, 0.1) is 24.8 Å². The van der Waals surface area contributed by atoms with Crippen molar-refractivity contribution >= 4 is 129 Å². The number of nitriles is 1. The lowest BCUT2D eigenvalue weighted by Crippen LogP contribution is -2.37. The highest BCUT2D eigenvalue weighted by Gasteiger charge is 2.25. The Bertz CT molecular complexity index is 4200. The highest BCUT2D eigenvalue weighted by atomic mass is 28.3. The molecule has 0 aliphatic heterocycles. The van der Waals surface area contributed by atoms with Crippen molar-refractivity contribution in [2.45, 2.75) is 26.6 Å². The second-order valence-electron chi connectivity index (χ2n) is 19.0. The Morgan fingerprint density at radius 3 is 1.25 bits per heavy atom. The molecule has 4 aromatic heterocycles. The van der Waals surface area contributed by atoms with Crippen molar-refractivity contribution in [3.8, 4) is 6.07 Å². The topological polar surface area (TPSA) is 43.5 Å². The average Bonchev–Trinajstić information content (AvgIpc) is 4.08. The number of rotatable bonds is 7. The van der Waals surface area contributed by atoms with Crippen LogP contribution in [0.3, 0.4) is 0 Å². The molecule has 7 heteroatoms. The Morgan fingerprint density at radius 1 is 0.448 bits per heavy atom. The number of hydrogen-bond acceptors (Lipinski definition) is 3. The molecule has 6 nitrogen and oxygen atoms in total. The maximum Gasteiger partial charge on any atom is 0.187 e. The van der Waals surface area contributed by atoms with E-state index in [2.05, 4.69) is 190 Å². The van der Waals surface area contributed by atoms with Gasteiger partial charge in [-0.25, -0.2) is 4.85 Å². The molecular weight excluding hydrogens is 833 g/mol. The van der Waals surface area contributed by atoms with Crippen LogP contribution in [0.1, 0.15) is 11.1 Å². The van der Waals surface area contributed by atoms with E-state index in [-0.39, 0.29) is 0 Å². The smallest absolute Gasteiger partial charge is 0.187 e. The van der Waals surface area contributed by atoms with Crippen LogP contribution < -0.4 is 15.0 Å². The van der Waals surface area contributed by atoms with E-state index in [0.29, 0.717) is 11.3 Å². The second-order valence-corrected chi connectivity index (χ2v) is 24.0. The molecule has 0 N–H and O–H groups in total. The van der Waals surface area contributed by atoms with Gasteiger partial charge in [0.25, 0.3) is 0 Å². The van der Waals surface area contributed by atoms with Gasteiger partial charge in [0.1, 0.15) is 0 Å². The molecule has 0 atom stereocenters. The molecular formula is C60H42N6Si. The summed E-state index contributed by atoms with van der Waals surface area (Å²) in [5, 5.41) is 20.9. The van der Waals surface area contributed by atoms with Gasteiger partial charge in [-0.3, -0.25) is 0 Å². The summed E-state index contributed by atoms with van der Waals surface area (Å²) in [5.74, 6) is 0. The van der Waals surface area contributed by atoms with Gasteiger partial charge in [-0.2, -0.15) is 5.26 Å². The molecule has 0 fully saturated rings. The predicted octanol–water partition coefficient (Wildman–Crippen LogP) is 16.2. The summed E-state index contributed by atoms with van der Waals surface area (Å²) in [6.45, 7) is 16.8. The van der Waals surface area contributed by atoms with Gasteiger partial charge in [-0.15, -0.1) is 0 Å². The van der Waals surface area contributed by atoms with Crippen LogP contribution in [-0.4, -0.2) is 16.9 Å². The Morgan fingerprint density at radius 2 is 0.836 bits per heavy atom. The fourth-order valence-corrected chi connectivity index (χ4v) is 11.9. The first-order valence-corrected chi connectivity index (χ1v) is 26.3. The summed E-state index contributed by atoms with van der Waals surface area (Å²) in [4.78, 5) is 8.24. The maximum atomic E-state index is 9.63. The van der Waals surface area contributed by atoms with Gasteiger partial charge in [-0.05, 0) is 116 Å². The molecule has 0 bridgehead atoms. The lowest BCUT2D eigenvalue weighted by Gasteiger charge is -2.27. The number of hydrogen-bond donors (Lipinski definition) is 0. The molecule has 0 saturated heterocycles. The molecule has 9 aromatic carbocycles. The molecule has 67 heavy (non-hydrogen) atoms. The van der Waals surface area contributed by atoms with E-state index in [1.807, 2.05) is 48.5 Å². The minimum absolute atomic E-state index is 0.624. The zero-order valence-electron chi connectivity index (χ0n) is 37.5. The molecule has 316 valence electrons. The van der Waals surface area contributed by atoms with Crippen LogP contribution in [0.15, 0.2) is 182 Å². The lowest BCUT2D eigenvalue weighted by atomic mass is 10.0. The quantitative estimate of drug-likeness (QED) is 0.118. The molecule has 0 amide bonds. The summed E-state index contributed by atoms with van der Waals surface area (Å²) in [6, 6.07) is 67.8. The molecule has 4 heterocycles. The molecule has 13 rings (SSSR count). The standard InChI is InChI=1S/C60H42N6Si/c1-37-12-18-40(19-13-37)63(42-22-16-39(62-2)17-23-42)44-26-30-55-51(32-44)47-8-6-10-49-53-35-58-54(34-57(53)65(55)59(47)49)50-11-7-9-48-52-33-45(27-31-56(52)66(58)60(48)50)64(41-20-14-38(36-61)15-21-41)43-24-28-46(29-25-43)67(3,4)5/h6-35H,1,3-5H3. The third-order valence-electron chi connectivity index (χ3n) is 14.0. The Kier molecular flexibility index (Phi) is 8.22. The fourth-order valence-electron chi connectivity index (χ4n) is 10.8. The Hall–Kier alpha value is -8.62. The van der Waals surface area contributed by atoms with E-state index >= 15 is 0 Å². The second kappa shape index (κ2) is 14.2. The lowest BCUT2D eigenvalue weighted by molar-refractivity contribution is 1.28. The van der Waals surface area contributed by atoms with Gasteiger partial charge >= 0.3 is 0 Å². The van der Waals surface area contributed by atoms with Crippen molar-refractivity contribution in [2.75, 3.05) is 9.80 Å². The van der Waals surface area contributed by atoms with E-state index in [9.17, 15) is 5.26 Å². The number of para-hydroxylation sites is 2. The molecule has 0 spiro atoms. The summed E-state index contributed by atoms with van der Waals surface area (Å²) in [6.07, 6.45) is 0. The minimum atomic E-state index is -1.50. The van der Waals surface area contributed by atoms with Crippen molar-refractivity contribution in [1.29, 1.82) is 5.26 Å². The van der Waals surface area contributed by atoms with E-state index in [1.54, 1.807) is 0 Å². The molecule has 0 aliphatic rings. The molecule has 0 saturated carbocycles. The van der Waals surface area contributed by atoms with Gasteiger partial charge in [0.15, 0.2) is 5.69 Å². The SMILES string of the molecule is [C-]#[N+]c1ccc(N(c2ccc(C)cc2)c2ccc3c(c2)c2cccc4c5cc6c(cc5n3c24)c2cccc3c4cc(N(c5ccc(C#N)cc5)c5ccc([Si](C)(C)C)cc5)ccc4n6c32)cc1. The third kappa shape index (κ3) is 5.72. The van der Waals surface area contributed by atoms with Crippen molar-refractivity contribution < 1.29 is 0 Å². The van der Waals surface area contributed by atoms with Crippen LogP contribution in [0.2, 0.25) is 19.6 Å². The first-order chi connectivity index (χ1) is 32.7. The Balaban J connectivity index is 0.993. The number of nitrogens with zero attached hydrogens (tertiary/aromatic N) is 6. The maximum absolute atomic E-state index is 9.63. The third-order valence-corrected chi connectivity index (χ3v) is 16.1. The van der Waals surface area contributed by atoms with Gasteiger partial charge in [0.05, 0.1) is 59.4 Å². The zero-order valence-corrected chi connectivity index (χ0v) is 38.5. The number of benzene rings is 9. The van der Waals surface area contributed by atoms with E-state index < -0.39 is 8.07 Å². The van der Waals surface area contributed by atoms with Crippen LogP contribution >= 0.6 is 0 Å². The van der Waals surface area contributed by atoms with Crippen LogP contribution in [0.4, 0.5) is 39.8 Å². The largest absolute Gasteiger partial charge is 0.311 e. The van der Waals surface area contributed by atoms with Crippen molar-refractivity contribution in [2.24, 2.45) is 0 Å². The Labute approximate surface area is 388 Å². The first kappa shape index (κ1) is 38.8. The number of aryl methyl sites for hydroxylation is 1. The molecule has 0 radical (unpaired) electrons. The van der Waals surface area contributed by atoms with E-state index in [0.717, 1.165) is 34.1 Å². The van der Waals surface area contributed by atoms with Crippen molar-refractivity contribution in [3.63, 3.8) is 0 Å². The summed E-state index contributed by atoms with van der Waals surface area (Å²) in [5.41, 5.74) is 16.0. The van der Waals surface area contributed by atoms with Gasteiger partial charge in [-0.1, -0.05) is 103 Å². The summed E-state index contributed by atoms with van der Waals surface area (Å²) >= 11 is 0. The highest BCUT2D eigenvalue weighted by molar-refractivity contribution is 6.88. The molecule has 0 aliphatic carbocycles. The number of aromatic nitrogens is 2. The van der Waals surface area contributed by atoms with Gasteiger partial charge in [0, 0.05) is 77.2 Å². The molecule has 0 unspecified atom stereocenters. The fraction of sp³-hybridized carbons (Fsp3) is 0.0667. The van der Waals surface area contributed by atoms with E-state index in [1.165, 1.54) is 86.9 Å². The highest BCUT2D eigenvalue weighted by Crippen LogP contribution is 2.47. The van der Waals surface area contributed by atoms with Crippen LogP contribution in [-0.2, 0) is 0 Å². The predicted molar refractivity (Wildman–Crippen MR) is 284 cm³/mol. The van der Waals surface area contributed by atoms with Crippen molar-refractivity contribution in [3.05, 3.63) is 205 Å². The first-order valence-electron chi connectivity index (χ1n) is 22.8. The minimum Gasteiger partial charge on any atom is -0.311 e. The van der Waals surface area contributed by atoms with Crippen LogP contribution in [0.5, 0.6) is 0 Å². The summed E-state index contributed by atoms with van der Waals surface area (Å²) in [7, 11) is -1.50. The molecule has 13 aromatic rings. The van der Waals surface area contributed by atoms with Gasteiger partial charge in [0.2, 0.25) is 0 Å². The van der Waals surface area contributed by atoms with E-state index in [4.69, 9.17) is 6.57 Å². The normalized spacial score (nSPS) is 12.1. The zero-order chi connectivity index (χ0) is 45.3. The average molecular weight is 875 g/mol. The number of fused-ring (bicyclic) bond motifs is 12. The summed E-state index contributed by atoms with van der Waals surface area (Å²) < 4.78 is 4.96. The van der Waals surface area contributed by atoms with Crippen LogP contribution in [0.25, 0.3) is 81.0 Å². The monoisotopic (exact) mass is 874 g/mol. The van der Waals surface area contributed by atoms with Gasteiger partial charge < -0.3 is 18.6 Å². The van der Waals surface area contributed by atoms with Crippen molar-refractivity contribution in [1.82, 2.24) is 8.80 Å².